The molecule has 0 spiro atoms. The van der Waals surface area contributed by atoms with Crippen LogP contribution in [-0.2, 0) is 14.0 Å². The van der Waals surface area contributed by atoms with E-state index in [1.54, 1.807) is 19.9 Å². The first-order chi connectivity index (χ1) is 16.0. The summed E-state index contributed by atoms with van der Waals surface area (Å²) in [5, 5.41) is 3.86. The lowest BCUT2D eigenvalue weighted by atomic mass is 9.43. The molecule has 6 rings (SSSR count). The van der Waals surface area contributed by atoms with Gasteiger partial charge in [-0.3, -0.25) is 0 Å². The van der Waals surface area contributed by atoms with E-state index in [-0.39, 0.29) is 35.1 Å². The summed E-state index contributed by atoms with van der Waals surface area (Å²) in [7, 11) is 1.06. The van der Waals surface area contributed by atoms with Crippen molar-refractivity contribution in [1.82, 2.24) is 0 Å². The summed E-state index contributed by atoms with van der Waals surface area (Å²) in [6, 6.07) is 3.57. The van der Waals surface area contributed by atoms with Gasteiger partial charge in [0.2, 0.25) is 5.79 Å². The molecular weight excluding hydrogens is 437 g/mol. The Morgan fingerprint density at radius 2 is 2.00 bits per heavy atom. The summed E-state index contributed by atoms with van der Waals surface area (Å²) < 4.78 is 30.0. The number of carbonyl (C=O) groups is 1. The third kappa shape index (κ3) is 3.46. The quantitative estimate of drug-likeness (QED) is 0.188. The predicted molar refractivity (Wildman–Crippen MR) is 125 cm³/mol. The van der Waals surface area contributed by atoms with Crippen LogP contribution in [0.5, 0.6) is 11.5 Å². The van der Waals surface area contributed by atoms with E-state index < -0.39 is 18.9 Å². The number of rotatable bonds is 6. The Balaban J connectivity index is 1.46. The standard InChI is InChI=1S/C24H32BN3O6/c1-22(2)14-9-17(22)24(5)18(10-14)33-25(34-24)11-13(12-27-28-26)15-7-8-16(30-6)19-20(15)31-23(3,4)32-21(19)29/h7-8,13-14,17-18H,9-12H2,1-6H3/t13?,14?,17?,18?,24-/m0/s1. The van der Waals surface area contributed by atoms with Gasteiger partial charge in [0.05, 0.1) is 18.8 Å². The van der Waals surface area contributed by atoms with Crippen LogP contribution in [-0.4, -0.2) is 44.2 Å². The molecule has 2 bridgehead atoms. The number of nitrogens with zero attached hydrogens (tertiary/aromatic N) is 3. The van der Waals surface area contributed by atoms with Crippen molar-refractivity contribution < 1.29 is 28.3 Å². The summed E-state index contributed by atoms with van der Waals surface area (Å²) in [6.07, 6.45) is 2.71. The molecule has 34 heavy (non-hydrogen) atoms. The highest BCUT2D eigenvalue weighted by atomic mass is 16.7. The Kier molecular flexibility index (Phi) is 5.35. The van der Waals surface area contributed by atoms with Crippen molar-refractivity contribution in [2.75, 3.05) is 13.7 Å². The zero-order valence-electron chi connectivity index (χ0n) is 20.7. The number of carbonyl (C=O) groups excluding carboxylic acids is 1. The van der Waals surface area contributed by atoms with Crippen LogP contribution in [0, 0.1) is 17.3 Å². The van der Waals surface area contributed by atoms with Gasteiger partial charge in [0.1, 0.15) is 17.1 Å². The molecule has 5 aliphatic rings. The van der Waals surface area contributed by atoms with Gasteiger partial charge in [-0.15, -0.1) is 0 Å². The maximum absolute atomic E-state index is 12.8. The predicted octanol–water partition coefficient (Wildman–Crippen LogP) is 5.10. The van der Waals surface area contributed by atoms with Gasteiger partial charge < -0.3 is 23.5 Å². The summed E-state index contributed by atoms with van der Waals surface area (Å²) >= 11 is 0. The minimum atomic E-state index is -1.14. The maximum Gasteiger partial charge on any atom is 0.458 e. The number of cyclic esters (lactones) is 1. The van der Waals surface area contributed by atoms with Gasteiger partial charge in [-0.2, -0.15) is 0 Å². The number of azide groups is 1. The van der Waals surface area contributed by atoms with Crippen LogP contribution in [0.3, 0.4) is 0 Å². The normalized spacial score (nSPS) is 32.8. The van der Waals surface area contributed by atoms with Crippen molar-refractivity contribution in [3.63, 3.8) is 0 Å². The van der Waals surface area contributed by atoms with Gasteiger partial charge in [0, 0.05) is 25.3 Å². The number of ether oxygens (including phenoxy) is 3. The molecule has 4 fully saturated rings. The van der Waals surface area contributed by atoms with Gasteiger partial charge in [-0.05, 0) is 66.4 Å². The highest BCUT2D eigenvalue weighted by molar-refractivity contribution is 6.45. The molecule has 1 aromatic rings. The number of hydrogen-bond donors (Lipinski definition) is 0. The molecular formula is C24H32BN3O6. The molecule has 182 valence electrons. The van der Waals surface area contributed by atoms with Crippen molar-refractivity contribution in [3.05, 3.63) is 33.7 Å². The lowest BCUT2D eigenvalue weighted by Crippen LogP contribution is -2.65. The summed E-state index contributed by atoms with van der Waals surface area (Å²) in [4.78, 5) is 15.8. The second-order valence-corrected chi connectivity index (χ2v) is 11.2. The number of benzene rings is 1. The van der Waals surface area contributed by atoms with Gasteiger partial charge in [-0.25, -0.2) is 4.79 Å². The molecule has 2 heterocycles. The van der Waals surface area contributed by atoms with Crippen molar-refractivity contribution >= 4 is 13.1 Å². The van der Waals surface area contributed by atoms with E-state index in [9.17, 15) is 4.79 Å². The van der Waals surface area contributed by atoms with Crippen LogP contribution in [0.15, 0.2) is 17.2 Å². The summed E-state index contributed by atoms with van der Waals surface area (Å²) in [6.45, 7) is 10.4. The highest BCUT2D eigenvalue weighted by Crippen LogP contribution is 2.66. The first kappa shape index (κ1) is 23.3. The zero-order chi connectivity index (χ0) is 24.5. The lowest BCUT2D eigenvalue weighted by molar-refractivity contribution is -0.199. The van der Waals surface area contributed by atoms with E-state index in [4.69, 9.17) is 29.1 Å². The third-order valence-electron chi connectivity index (χ3n) is 8.54. The Labute approximate surface area is 200 Å². The highest BCUT2D eigenvalue weighted by Gasteiger charge is 2.67. The molecule has 0 N–H and O–H groups in total. The fraction of sp³-hybridized carbons (Fsp3) is 0.708. The average Bonchev–Trinajstić information content (AvgIpc) is 3.10. The van der Waals surface area contributed by atoms with E-state index in [0.29, 0.717) is 29.7 Å². The largest absolute Gasteiger partial charge is 0.496 e. The molecule has 3 aliphatic carbocycles. The van der Waals surface area contributed by atoms with Crippen LogP contribution in [0.4, 0.5) is 0 Å². The minimum Gasteiger partial charge on any atom is -0.496 e. The van der Waals surface area contributed by atoms with Crippen molar-refractivity contribution in [2.24, 2.45) is 22.4 Å². The number of esters is 1. The Morgan fingerprint density at radius 3 is 2.68 bits per heavy atom. The zero-order valence-corrected chi connectivity index (χ0v) is 20.7. The van der Waals surface area contributed by atoms with Crippen molar-refractivity contribution in [2.45, 2.75) is 77.2 Å². The van der Waals surface area contributed by atoms with Crippen LogP contribution < -0.4 is 9.47 Å². The maximum atomic E-state index is 12.8. The summed E-state index contributed by atoms with van der Waals surface area (Å²) in [5.41, 5.74) is 9.95. The monoisotopic (exact) mass is 469 g/mol. The molecule has 4 unspecified atom stereocenters. The lowest BCUT2D eigenvalue weighted by Gasteiger charge is -2.64. The number of methoxy groups -OCH3 is 1. The fourth-order valence-electron chi connectivity index (χ4n) is 6.64. The second-order valence-electron chi connectivity index (χ2n) is 11.2. The van der Waals surface area contributed by atoms with Gasteiger partial charge in [0.25, 0.3) is 0 Å². The van der Waals surface area contributed by atoms with Crippen LogP contribution >= 0.6 is 0 Å². The van der Waals surface area contributed by atoms with Crippen molar-refractivity contribution in [1.29, 1.82) is 0 Å². The first-order valence-corrected chi connectivity index (χ1v) is 12.0. The van der Waals surface area contributed by atoms with Crippen LogP contribution in [0.25, 0.3) is 10.4 Å². The smallest absolute Gasteiger partial charge is 0.458 e. The van der Waals surface area contributed by atoms with Gasteiger partial charge in [0.15, 0.2) is 0 Å². The van der Waals surface area contributed by atoms with E-state index in [2.05, 4.69) is 30.8 Å². The third-order valence-corrected chi connectivity index (χ3v) is 8.54. The summed E-state index contributed by atoms with van der Waals surface area (Å²) in [5.74, 6) is -0.0529. The van der Waals surface area contributed by atoms with Gasteiger partial charge >= 0.3 is 13.1 Å². The first-order valence-electron chi connectivity index (χ1n) is 12.0. The Morgan fingerprint density at radius 1 is 1.24 bits per heavy atom. The van der Waals surface area contributed by atoms with E-state index in [0.717, 1.165) is 12.0 Å². The Hall–Kier alpha value is -2.42. The molecule has 5 atom stereocenters. The number of hydrogen-bond acceptors (Lipinski definition) is 7. The molecule has 0 radical (unpaired) electrons. The van der Waals surface area contributed by atoms with E-state index in [1.165, 1.54) is 13.5 Å². The fourth-order valence-corrected chi connectivity index (χ4v) is 6.64. The molecule has 1 saturated heterocycles. The molecule has 1 aromatic carbocycles. The topological polar surface area (TPSA) is 112 Å². The minimum absolute atomic E-state index is 0.0596. The molecule has 9 nitrogen and oxygen atoms in total. The second kappa shape index (κ2) is 7.80. The SMILES string of the molecule is COc1ccc(C(CN=[N+]=[N-])CB2OC3CC4CC(C4(C)C)[C@]3(C)O2)c2c1C(=O)OC(C)(C)O2. The molecule has 3 saturated carbocycles. The molecule has 0 amide bonds. The van der Waals surface area contributed by atoms with E-state index in [1.807, 2.05) is 6.07 Å². The van der Waals surface area contributed by atoms with Crippen molar-refractivity contribution in [3.8, 4) is 11.5 Å². The number of fused-ring (bicyclic) bond motifs is 1. The average molecular weight is 469 g/mol. The molecule has 10 heteroatoms. The Bertz CT molecular complexity index is 1070. The molecule has 2 aliphatic heterocycles. The van der Waals surface area contributed by atoms with E-state index >= 15 is 0 Å². The van der Waals surface area contributed by atoms with Crippen LogP contribution in [0.2, 0.25) is 6.32 Å². The molecule has 0 aromatic heterocycles. The van der Waals surface area contributed by atoms with Gasteiger partial charge in [-0.1, -0.05) is 25.0 Å². The van der Waals surface area contributed by atoms with Crippen LogP contribution in [0.1, 0.15) is 69.3 Å².